The monoisotopic (exact) mass is 697 g/mol. The predicted octanol–water partition coefficient (Wildman–Crippen LogP) is 13.7. The molecule has 11 aromatic rings. The first-order valence-corrected chi connectivity index (χ1v) is 18.8. The fraction of sp³-hybridized carbons (Fsp3) is 0. The van der Waals surface area contributed by atoms with E-state index < -0.39 is 0 Å². The summed E-state index contributed by atoms with van der Waals surface area (Å²) in [5.41, 5.74) is 13.6. The molecule has 55 heavy (non-hydrogen) atoms. The molecule has 0 radical (unpaired) electrons. The lowest BCUT2D eigenvalue weighted by molar-refractivity contribution is 1.17. The molecular formula is C52H31N3. The van der Waals surface area contributed by atoms with Crippen LogP contribution in [0.2, 0.25) is 0 Å². The molecule has 0 unspecified atom stereocenters. The molecule has 0 bridgehead atoms. The number of aromatic nitrogens is 3. The fourth-order valence-corrected chi connectivity index (χ4v) is 9.17. The van der Waals surface area contributed by atoms with Crippen molar-refractivity contribution in [3.63, 3.8) is 0 Å². The van der Waals surface area contributed by atoms with Crippen LogP contribution in [0.15, 0.2) is 188 Å². The zero-order chi connectivity index (χ0) is 36.0. The molecule has 2 heterocycles. The topological polar surface area (TPSA) is 30.7 Å². The molecular weight excluding hydrogens is 667 g/mol. The van der Waals surface area contributed by atoms with Gasteiger partial charge in [-0.1, -0.05) is 164 Å². The van der Waals surface area contributed by atoms with Crippen LogP contribution >= 0.6 is 0 Å². The molecule has 1 aliphatic rings. The van der Waals surface area contributed by atoms with E-state index >= 15 is 0 Å². The van der Waals surface area contributed by atoms with E-state index in [1.165, 1.54) is 76.4 Å². The average molecular weight is 698 g/mol. The van der Waals surface area contributed by atoms with Crippen LogP contribution in [-0.4, -0.2) is 14.5 Å². The van der Waals surface area contributed by atoms with Crippen molar-refractivity contribution in [2.45, 2.75) is 0 Å². The largest absolute Gasteiger partial charge is 0.309 e. The van der Waals surface area contributed by atoms with E-state index in [-0.39, 0.29) is 0 Å². The molecule has 3 nitrogen and oxygen atoms in total. The highest BCUT2D eigenvalue weighted by atomic mass is 15.0. The van der Waals surface area contributed by atoms with E-state index in [1.807, 2.05) is 24.3 Å². The number of rotatable bonds is 4. The summed E-state index contributed by atoms with van der Waals surface area (Å²) in [5.74, 6) is 0.709. The van der Waals surface area contributed by atoms with Crippen LogP contribution in [0, 0.1) is 0 Å². The van der Waals surface area contributed by atoms with Gasteiger partial charge >= 0.3 is 0 Å². The zero-order valence-electron chi connectivity index (χ0n) is 29.7. The lowest BCUT2D eigenvalue weighted by Crippen LogP contribution is -1.98. The van der Waals surface area contributed by atoms with Gasteiger partial charge in [-0.2, -0.15) is 0 Å². The quantitative estimate of drug-likeness (QED) is 0.171. The lowest BCUT2D eigenvalue weighted by Gasteiger charge is -2.14. The van der Waals surface area contributed by atoms with Gasteiger partial charge in [0.25, 0.3) is 0 Å². The maximum atomic E-state index is 5.22. The minimum absolute atomic E-state index is 0.709. The molecule has 0 fully saturated rings. The molecule has 3 heteroatoms. The van der Waals surface area contributed by atoms with E-state index in [1.54, 1.807) is 0 Å². The summed E-state index contributed by atoms with van der Waals surface area (Å²) >= 11 is 0. The van der Waals surface area contributed by atoms with Gasteiger partial charge in [-0.15, -0.1) is 0 Å². The Balaban J connectivity index is 1.20. The second kappa shape index (κ2) is 11.6. The Morgan fingerprint density at radius 1 is 0.327 bits per heavy atom. The third-order valence-corrected chi connectivity index (χ3v) is 11.5. The first kappa shape index (κ1) is 30.1. The van der Waals surface area contributed by atoms with Gasteiger partial charge < -0.3 is 4.57 Å². The Morgan fingerprint density at radius 3 is 1.64 bits per heavy atom. The van der Waals surface area contributed by atoms with E-state index in [2.05, 4.69) is 168 Å². The van der Waals surface area contributed by atoms with Crippen molar-refractivity contribution in [1.82, 2.24) is 14.5 Å². The van der Waals surface area contributed by atoms with Crippen LogP contribution in [0.25, 0.3) is 116 Å². The first-order chi connectivity index (χ1) is 27.3. The SMILES string of the molecule is c1ccc(-c2cc(-c3cccc(-n4c5cc6c7c(cccc7c5c5c7ccccc7c7ccccc7c54)-c4ccccc4-6)c3)nc(-c3ccccc3)n2)cc1. The van der Waals surface area contributed by atoms with Gasteiger partial charge in [-0.25, -0.2) is 9.97 Å². The van der Waals surface area contributed by atoms with E-state index in [0.29, 0.717) is 5.82 Å². The minimum Gasteiger partial charge on any atom is -0.309 e. The Kier molecular flexibility index (Phi) is 6.34. The van der Waals surface area contributed by atoms with Gasteiger partial charge in [0.1, 0.15) is 0 Å². The summed E-state index contributed by atoms with van der Waals surface area (Å²) in [5, 5.41) is 10.2. The summed E-state index contributed by atoms with van der Waals surface area (Å²) in [6.07, 6.45) is 0. The van der Waals surface area contributed by atoms with Crippen molar-refractivity contribution in [1.29, 1.82) is 0 Å². The van der Waals surface area contributed by atoms with Gasteiger partial charge in [0.05, 0.1) is 22.4 Å². The number of nitrogens with zero attached hydrogens (tertiary/aromatic N) is 3. The van der Waals surface area contributed by atoms with Gasteiger partial charge in [0.15, 0.2) is 5.82 Å². The molecule has 2 aromatic heterocycles. The Hall–Kier alpha value is -7.36. The van der Waals surface area contributed by atoms with Crippen molar-refractivity contribution < 1.29 is 0 Å². The van der Waals surface area contributed by atoms with Gasteiger partial charge in [0, 0.05) is 38.5 Å². The molecule has 0 amide bonds. The highest BCUT2D eigenvalue weighted by Gasteiger charge is 2.27. The maximum absolute atomic E-state index is 5.22. The van der Waals surface area contributed by atoms with Crippen molar-refractivity contribution in [2.24, 2.45) is 0 Å². The maximum Gasteiger partial charge on any atom is 0.160 e. The van der Waals surface area contributed by atoms with Crippen molar-refractivity contribution in [3.8, 4) is 61.8 Å². The summed E-state index contributed by atoms with van der Waals surface area (Å²) in [7, 11) is 0. The number of hydrogen-bond acceptors (Lipinski definition) is 2. The normalized spacial score (nSPS) is 12.0. The fourth-order valence-electron chi connectivity index (χ4n) is 9.17. The van der Waals surface area contributed by atoms with E-state index in [9.17, 15) is 0 Å². The lowest BCUT2D eigenvalue weighted by atomic mass is 9.94. The molecule has 0 spiro atoms. The number of hydrogen-bond donors (Lipinski definition) is 0. The van der Waals surface area contributed by atoms with Crippen molar-refractivity contribution in [2.75, 3.05) is 0 Å². The number of fused-ring (bicyclic) bond motifs is 12. The standard InChI is InChI=1S/C52H31N3/c1-3-15-32(16-4-1)45-31-46(54-52(53-45)33-17-5-2-6-18-33)34-19-13-20-35(29-34)55-47-30-44-39-24-8-7-22-37(39)40-27-14-28-43(48(40)44)49(47)50-41-25-11-9-21-36(41)38-23-10-12-26-42(38)51(50)55/h1-31H. The third-order valence-electron chi connectivity index (χ3n) is 11.5. The second-order valence-corrected chi connectivity index (χ2v) is 14.5. The van der Waals surface area contributed by atoms with Crippen LogP contribution in [0.5, 0.6) is 0 Å². The summed E-state index contributed by atoms with van der Waals surface area (Å²) < 4.78 is 2.52. The van der Waals surface area contributed by atoms with E-state index in [0.717, 1.165) is 33.8 Å². The molecule has 0 N–H and O–H groups in total. The Labute approximate surface area is 317 Å². The van der Waals surface area contributed by atoms with Gasteiger partial charge in [-0.05, 0) is 73.5 Å². The average Bonchev–Trinajstić information content (AvgIpc) is 3.79. The predicted molar refractivity (Wildman–Crippen MR) is 230 cm³/mol. The second-order valence-electron chi connectivity index (χ2n) is 14.5. The summed E-state index contributed by atoms with van der Waals surface area (Å²) in [6.45, 7) is 0. The molecule has 0 saturated carbocycles. The number of benzene rings is 9. The highest BCUT2D eigenvalue weighted by molar-refractivity contribution is 6.38. The van der Waals surface area contributed by atoms with Crippen LogP contribution in [0.3, 0.4) is 0 Å². The molecule has 1 aliphatic carbocycles. The zero-order valence-corrected chi connectivity index (χ0v) is 29.7. The molecule has 0 aliphatic heterocycles. The minimum atomic E-state index is 0.709. The van der Waals surface area contributed by atoms with Crippen LogP contribution < -0.4 is 0 Å². The third kappa shape index (κ3) is 4.38. The van der Waals surface area contributed by atoms with Crippen molar-refractivity contribution >= 4 is 54.1 Å². The Bertz CT molecular complexity index is 3300. The molecule has 0 atom stereocenters. The van der Waals surface area contributed by atoms with Gasteiger partial charge in [0.2, 0.25) is 0 Å². The van der Waals surface area contributed by atoms with E-state index in [4.69, 9.17) is 9.97 Å². The summed E-state index contributed by atoms with van der Waals surface area (Å²) in [6, 6.07) is 67.7. The van der Waals surface area contributed by atoms with Crippen LogP contribution in [0.4, 0.5) is 0 Å². The molecule has 0 saturated heterocycles. The van der Waals surface area contributed by atoms with Crippen LogP contribution in [-0.2, 0) is 0 Å². The van der Waals surface area contributed by atoms with Crippen LogP contribution in [0.1, 0.15) is 0 Å². The molecule has 12 rings (SSSR count). The molecule has 254 valence electrons. The molecule has 9 aromatic carbocycles. The highest BCUT2D eigenvalue weighted by Crippen LogP contribution is 2.52. The summed E-state index contributed by atoms with van der Waals surface area (Å²) in [4.78, 5) is 10.3. The first-order valence-electron chi connectivity index (χ1n) is 18.8. The van der Waals surface area contributed by atoms with Gasteiger partial charge in [-0.3, -0.25) is 0 Å². The Morgan fingerprint density at radius 2 is 0.873 bits per heavy atom. The van der Waals surface area contributed by atoms with Crippen molar-refractivity contribution in [3.05, 3.63) is 188 Å². The smallest absolute Gasteiger partial charge is 0.160 e.